The van der Waals surface area contributed by atoms with Crippen LogP contribution in [0.4, 0.5) is 0 Å². The molecule has 0 fully saturated rings. The summed E-state index contributed by atoms with van der Waals surface area (Å²) in [7, 11) is 0. The maximum absolute atomic E-state index is 12.9. The molecule has 0 saturated heterocycles. The Morgan fingerprint density at radius 1 is 0.284 bits per heavy atom. The molecule has 0 aromatic carbocycles. The van der Waals surface area contributed by atoms with Gasteiger partial charge in [-0.05, 0) is 70.6 Å². The summed E-state index contributed by atoms with van der Waals surface area (Å²) in [6.07, 6.45) is 66.0. The highest BCUT2D eigenvalue weighted by molar-refractivity contribution is 5.71. The second-order valence-electron chi connectivity index (χ2n) is 20.3. The molecule has 0 aliphatic rings. The van der Waals surface area contributed by atoms with E-state index in [1.807, 2.05) is 0 Å². The standard InChI is InChI=1S/C61H114O6/c1-4-7-10-13-16-19-22-25-27-29-31-33-34-36-39-42-45-48-51-54-60(63)66-57-58(56-65-59(62)53-50-47-44-41-38-24-21-18-15-12-9-6-3)67-61(64)55-52-49-46-43-40-37-35-32-30-28-26-23-20-17-14-11-8-5-2/h25,27-28,30,58H,4-24,26,29,31-57H2,1-3H3/b27-25-,30-28-. The third-order valence-corrected chi connectivity index (χ3v) is 13.4. The number of hydrogen-bond donors (Lipinski definition) is 0. The molecule has 0 heterocycles. The zero-order valence-corrected chi connectivity index (χ0v) is 45.2. The van der Waals surface area contributed by atoms with E-state index in [-0.39, 0.29) is 31.1 Å². The van der Waals surface area contributed by atoms with Crippen LogP contribution in [-0.2, 0) is 28.6 Å². The van der Waals surface area contributed by atoms with Gasteiger partial charge in [-0.3, -0.25) is 14.4 Å². The number of hydrogen-bond acceptors (Lipinski definition) is 6. The minimum absolute atomic E-state index is 0.0691. The molecule has 0 aromatic heterocycles. The highest BCUT2D eigenvalue weighted by Gasteiger charge is 2.19. The number of allylic oxidation sites excluding steroid dienone is 4. The van der Waals surface area contributed by atoms with E-state index in [2.05, 4.69) is 45.1 Å². The summed E-state index contributed by atoms with van der Waals surface area (Å²) < 4.78 is 16.9. The third kappa shape index (κ3) is 54.7. The normalized spacial score (nSPS) is 12.1. The monoisotopic (exact) mass is 943 g/mol. The Morgan fingerprint density at radius 2 is 0.493 bits per heavy atom. The Kier molecular flexibility index (Phi) is 54.7. The van der Waals surface area contributed by atoms with E-state index < -0.39 is 6.10 Å². The van der Waals surface area contributed by atoms with Crippen LogP contribution in [0.15, 0.2) is 24.3 Å². The summed E-state index contributed by atoms with van der Waals surface area (Å²) >= 11 is 0. The lowest BCUT2D eigenvalue weighted by molar-refractivity contribution is -0.167. The fourth-order valence-corrected chi connectivity index (χ4v) is 8.91. The summed E-state index contributed by atoms with van der Waals surface area (Å²) in [5.41, 5.74) is 0. The van der Waals surface area contributed by atoms with Gasteiger partial charge in [0, 0.05) is 19.3 Å². The van der Waals surface area contributed by atoms with Crippen LogP contribution < -0.4 is 0 Å². The summed E-state index contributed by atoms with van der Waals surface area (Å²) in [5.74, 6) is -0.855. The molecule has 1 unspecified atom stereocenters. The van der Waals surface area contributed by atoms with Gasteiger partial charge in [-0.15, -0.1) is 0 Å². The van der Waals surface area contributed by atoms with Crippen LogP contribution >= 0.6 is 0 Å². The van der Waals surface area contributed by atoms with Crippen LogP contribution in [0.1, 0.15) is 329 Å². The Bertz CT molecular complexity index is 1080. The Hall–Kier alpha value is -2.11. The van der Waals surface area contributed by atoms with Crippen molar-refractivity contribution in [2.24, 2.45) is 0 Å². The first-order valence-corrected chi connectivity index (χ1v) is 29.8. The molecular weight excluding hydrogens is 829 g/mol. The van der Waals surface area contributed by atoms with E-state index in [1.165, 1.54) is 231 Å². The van der Waals surface area contributed by atoms with Gasteiger partial charge in [0.1, 0.15) is 13.2 Å². The van der Waals surface area contributed by atoms with Crippen molar-refractivity contribution in [3.05, 3.63) is 24.3 Å². The molecule has 0 saturated carbocycles. The molecular formula is C61H114O6. The van der Waals surface area contributed by atoms with Crippen molar-refractivity contribution in [1.82, 2.24) is 0 Å². The van der Waals surface area contributed by atoms with Crippen molar-refractivity contribution >= 4 is 17.9 Å². The smallest absolute Gasteiger partial charge is 0.306 e. The Balaban J connectivity index is 4.30. The van der Waals surface area contributed by atoms with Gasteiger partial charge in [0.25, 0.3) is 0 Å². The molecule has 0 aliphatic heterocycles. The highest BCUT2D eigenvalue weighted by atomic mass is 16.6. The number of rotatable bonds is 55. The van der Waals surface area contributed by atoms with Gasteiger partial charge < -0.3 is 14.2 Å². The lowest BCUT2D eigenvalue weighted by atomic mass is 10.0. The topological polar surface area (TPSA) is 78.9 Å². The van der Waals surface area contributed by atoms with Crippen LogP contribution in [0.25, 0.3) is 0 Å². The van der Waals surface area contributed by atoms with E-state index >= 15 is 0 Å². The van der Waals surface area contributed by atoms with Crippen molar-refractivity contribution in [3.8, 4) is 0 Å². The van der Waals surface area contributed by atoms with Gasteiger partial charge in [0.15, 0.2) is 6.10 Å². The molecule has 0 N–H and O–H groups in total. The van der Waals surface area contributed by atoms with Gasteiger partial charge in [-0.25, -0.2) is 0 Å². The molecule has 0 radical (unpaired) electrons. The largest absolute Gasteiger partial charge is 0.462 e. The quantitative estimate of drug-likeness (QED) is 0.0262. The van der Waals surface area contributed by atoms with Gasteiger partial charge in [0.05, 0.1) is 0 Å². The summed E-state index contributed by atoms with van der Waals surface area (Å²) in [6.45, 7) is 6.67. The summed E-state index contributed by atoms with van der Waals surface area (Å²) in [4.78, 5) is 38.2. The van der Waals surface area contributed by atoms with Crippen molar-refractivity contribution in [2.45, 2.75) is 335 Å². The van der Waals surface area contributed by atoms with Crippen LogP contribution in [0.5, 0.6) is 0 Å². The molecule has 394 valence electrons. The fraction of sp³-hybridized carbons (Fsp3) is 0.885. The number of esters is 3. The minimum Gasteiger partial charge on any atom is -0.462 e. The SMILES string of the molecule is CCCCCCCC/C=C\CCCCCCCCCCCC(=O)OCC(COC(=O)CCCCCCCCCCCCCC)OC(=O)CCCCCCCCC/C=C\CCCCCCCCC. The zero-order valence-electron chi connectivity index (χ0n) is 45.2. The average molecular weight is 944 g/mol. The molecule has 0 spiro atoms. The maximum Gasteiger partial charge on any atom is 0.306 e. The van der Waals surface area contributed by atoms with Gasteiger partial charge in [0.2, 0.25) is 0 Å². The molecule has 67 heavy (non-hydrogen) atoms. The van der Waals surface area contributed by atoms with E-state index in [4.69, 9.17) is 14.2 Å². The van der Waals surface area contributed by atoms with E-state index in [1.54, 1.807) is 0 Å². The van der Waals surface area contributed by atoms with Crippen LogP contribution in [0.3, 0.4) is 0 Å². The first kappa shape index (κ1) is 64.9. The van der Waals surface area contributed by atoms with Crippen molar-refractivity contribution < 1.29 is 28.6 Å². The van der Waals surface area contributed by atoms with Crippen LogP contribution in [0.2, 0.25) is 0 Å². The summed E-state index contributed by atoms with van der Waals surface area (Å²) in [6, 6.07) is 0. The van der Waals surface area contributed by atoms with Gasteiger partial charge in [-0.2, -0.15) is 0 Å². The average Bonchev–Trinajstić information content (AvgIpc) is 3.33. The molecule has 0 aromatic rings. The molecule has 0 rings (SSSR count). The molecule has 6 heteroatoms. The Labute approximate surface area is 417 Å². The maximum atomic E-state index is 12.9. The molecule has 0 aliphatic carbocycles. The van der Waals surface area contributed by atoms with Crippen molar-refractivity contribution in [3.63, 3.8) is 0 Å². The molecule has 1 atom stereocenters. The number of ether oxygens (including phenoxy) is 3. The zero-order chi connectivity index (χ0) is 48.6. The molecule has 0 bridgehead atoms. The minimum atomic E-state index is -0.770. The van der Waals surface area contributed by atoms with Crippen molar-refractivity contribution in [1.29, 1.82) is 0 Å². The number of carbonyl (C=O) groups is 3. The second-order valence-corrected chi connectivity index (χ2v) is 20.3. The van der Waals surface area contributed by atoms with E-state index in [0.29, 0.717) is 19.3 Å². The Morgan fingerprint density at radius 3 is 0.746 bits per heavy atom. The number of carbonyl (C=O) groups excluding carboxylic acids is 3. The summed E-state index contributed by atoms with van der Waals surface area (Å²) in [5, 5.41) is 0. The first-order chi connectivity index (χ1) is 33.0. The predicted molar refractivity (Wildman–Crippen MR) is 289 cm³/mol. The molecule has 0 amide bonds. The van der Waals surface area contributed by atoms with Crippen molar-refractivity contribution in [2.75, 3.05) is 13.2 Å². The lowest BCUT2D eigenvalue weighted by Crippen LogP contribution is -2.30. The third-order valence-electron chi connectivity index (χ3n) is 13.4. The van der Waals surface area contributed by atoms with E-state index in [0.717, 1.165) is 57.8 Å². The van der Waals surface area contributed by atoms with Crippen LogP contribution in [-0.4, -0.2) is 37.2 Å². The van der Waals surface area contributed by atoms with Gasteiger partial charge >= 0.3 is 17.9 Å². The first-order valence-electron chi connectivity index (χ1n) is 29.8. The van der Waals surface area contributed by atoms with Gasteiger partial charge in [-0.1, -0.05) is 263 Å². The predicted octanol–water partition coefficient (Wildman–Crippen LogP) is 19.9. The van der Waals surface area contributed by atoms with E-state index in [9.17, 15) is 14.4 Å². The highest BCUT2D eigenvalue weighted by Crippen LogP contribution is 2.17. The van der Waals surface area contributed by atoms with Crippen LogP contribution in [0, 0.1) is 0 Å². The number of unbranched alkanes of at least 4 members (excludes halogenated alkanes) is 40. The lowest BCUT2D eigenvalue weighted by Gasteiger charge is -2.18. The molecule has 6 nitrogen and oxygen atoms in total. The fourth-order valence-electron chi connectivity index (χ4n) is 8.91. The second kappa shape index (κ2) is 56.5.